The second-order valence-electron chi connectivity index (χ2n) is 3.96. The van der Waals surface area contributed by atoms with Crippen molar-refractivity contribution >= 4 is 27.2 Å². The van der Waals surface area contributed by atoms with Crippen LogP contribution in [0.2, 0.25) is 0 Å². The number of anilines is 1. The molecular weight excluding hydrogens is 256 g/mol. The van der Waals surface area contributed by atoms with Crippen molar-refractivity contribution in [3.05, 3.63) is 41.8 Å². The average molecular weight is 266 g/mol. The smallest absolute Gasteiger partial charge is 0.149 e. The molecule has 2 aromatic heterocycles. The maximum atomic E-state index is 8.49. The molecule has 0 saturated heterocycles. The van der Waals surface area contributed by atoms with E-state index >= 15 is 0 Å². The van der Waals surface area contributed by atoms with Crippen LogP contribution < -0.4 is 5.32 Å². The predicted molar refractivity (Wildman–Crippen MR) is 77.0 cm³/mol. The number of thiophene rings is 1. The number of nitrogens with one attached hydrogen (secondary N) is 1. The Morgan fingerprint density at radius 1 is 1.16 bits per heavy atom. The van der Waals surface area contributed by atoms with Gasteiger partial charge in [0.25, 0.3) is 0 Å². The third-order valence-electron chi connectivity index (χ3n) is 2.77. The number of benzene rings is 1. The van der Waals surface area contributed by atoms with Crippen LogP contribution in [0.15, 0.2) is 41.8 Å². The van der Waals surface area contributed by atoms with E-state index in [4.69, 9.17) is 5.26 Å². The Bertz CT molecular complexity index is 740. The highest BCUT2D eigenvalue weighted by molar-refractivity contribution is 7.17. The second-order valence-corrected chi connectivity index (χ2v) is 4.87. The van der Waals surface area contributed by atoms with Crippen molar-refractivity contribution in [3.63, 3.8) is 0 Å². The van der Waals surface area contributed by atoms with Crippen LogP contribution in [-0.2, 0) is 0 Å². The predicted octanol–water partition coefficient (Wildman–Crippen LogP) is 3.29. The van der Waals surface area contributed by atoms with Gasteiger partial charge in [0.05, 0.1) is 11.8 Å². The van der Waals surface area contributed by atoms with Gasteiger partial charge in [-0.25, -0.2) is 0 Å². The van der Waals surface area contributed by atoms with Crippen LogP contribution in [0, 0.1) is 11.3 Å². The quantitative estimate of drug-likeness (QED) is 0.739. The third-order valence-corrected chi connectivity index (χ3v) is 3.73. The first-order valence-corrected chi connectivity index (χ1v) is 6.67. The SMILES string of the molecule is N#CCNc1ccc(-c2csc3ccccc23)nn1. The average Bonchev–Trinajstić information content (AvgIpc) is 2.90. The monoisotopic (exact) mass is 266 g/mol. The van der Waals surface area contributed by atoms with Crippen molar-refractivity contribution in [1.29, 1.82) is 5.26 Å². The highest BCUT2D eigenvalue weighted by Crippen LogP contribution is 2.32. The number of rotatable bonds is 3. The topological polar surface area (TPSA) is 61.6 Å². The summed E-state index contributed by atoms with van der Waals surface area (Å²) < 4.78 is 1.24. The highest BCUT2D eigenvalue weighted by Gasteiger charge is 2.07. The van der Waals surface area contributed by atoms with Crippen LogP contribution >= 0.6 is 11.3 Å². The maximum Gasteiger partial charge on any atom is 0.149 e. The lowest BCUT2D eigenvalue weighted by atomic mass is 10.1. The Morgan fingerprint density at radius 2 is 2.05 bits per heavy atom. The molecule has 3 aromatic rings. The van der Waals surface area contributed by atoms with Crippen molar-refractivity contribution in [2.75, 3.05) is 11.9 Å². The third kappa shape index (κ3) is 2.26. The molecular formula is C14H10N4S. The number of hydrogen-bond donors (Lipinski definition) is 1. The molecule has 0 aliphatic rings. The molecule has 0 fully saturated rings. The van der Waals surface area contributed by atoms with E-state index in [1.165, 1.54) is 10.1 Å². The van der Waals surface area contributed by atoms with Gasteiger partial charge >= 0.3 is 0 Å². The summed E-state index contributed by atoms with van der Waals surface area (Å²) in [5.74, 6) is 0.616. The van der Waals surface area contributed by atoms with Crippen LogP contribution in [0.3, 0.4) is 0 Å². The summed E-state index contributed by atoms with van der Waals surface area (Å²) in [4.78, 5) is 0. The molecule has 0 aliphatic heterocycles. The number of aromatic nitrogens is 2. The van der Waals surface area contributed by atoms with Gasteiger partial charge in [-0.15, -0.1) is 21.5 Å². The summed E-state index contributed by atoms with van der Waals surface area (Å²) >= 11 is 1.70. The minimum absolute atomic E-state index is 0.232. The lowest BCUT2D eigenvalue weighted by molar-refractivity contribution is 1.03. The molecule has 0 saturated carbocycles. The lowest BCUT2D eigenvalue weighted by Gasteiger charge is -2.01. The minimum atomic E-state index is 0.232. The molecule has 19 heavy (non-hydrogen) atoms. The zero-order chi connectivity index (χ0) is 13.1. The normalized spacial score (nSPS) is 10.3. The van der Waals surface area contributed by atoms with E-state index in [0.717, 1.165) is 11.3 Å². The van der Waals surface area contributed by atoms with Gasteiger partial charge < -0.3 is 5.32 Å². The highest BCUT2D eigenvalue weighted by atomic mass is 32.1. The van der Waals surface area contributed by atoms with Gasteiger partial charge in [-0.1, -0.05) is 18.2 Å². The first kappa shape index (κ1) is 11.6. The van der Waals surface area contributed by atoms with Gasteiger partial charge in [0.1, 0.15) is 12.4 Å². The molecule has 1 N–H and O–H groups in total. The Kier molecular flexibility index (Phi) is 3.09. The van der Waals surface area contributed by atoms with Crippen molar-refractivity contribution in [1.82, 2.24) is 10.2 Å². The molecule has 0 spiro atoms. The van der Waals surface area contributed by atoms with Gasteiger partial charge in [0, 0.05) is 21.0 Å². The van der Waals surface area contributed by atoms with Crippen LogP contribution in [-0.4, -0.2) is 16.7 Å². The van der Waals surface area contributed by atoms with Crippen molar-refractivity contribution in [3.8, 4) is 17.3 Å². The van der Waals surface area contributed by atoms with E-state index < -0.39 is 0 Å². The summed E-state index contributed by atoms with van der Waals surface area (Å²) in [6.07, 6.45) is 0. The molecule has 0 radical (unpaired) electrons. The van der Waals surface area contributed by atoms with Crippen molar-refractivity contribution in [2.24, 2.45) is 0 Å². The summed E-state index contributed by atoms with van der Waals surface area (Å²) in [6, 6.07) is 14.0. The van der Waals surface area contributed by atoms with E-state index in [1.807, 2.05) is 30.3 Å². The number of fused-ring (bicyclic) bond motifs is 1. The van der Waals surface area contributed by atoms with E-state index in [1.54, 1.807) is 11.3 Å². The standard InChI is InChI=1S/C14H10N4S/c15-7-8-16-14-6-5-12(17-18-14)11-9-19-13-4-2-1-3-10(11)13/h1-6,9H,8H2,(H,16,18). The molecule has 0 bridgehead atoms. The summed E-state index contributed by atoms with van der Waals surface area (Å²) in [6.45, 7) is 0.232. The van der Waals surface area contributed by atoms with Crippen LogP contribution in [0.1, 0.15) is 0 Å². The largest absolute Gasteiger partial charge is 0.356 e. The molecule has 3 rings (SSSR count). The van der Waals surface area contributed by atoms with E-state index in [0.29, 0.717) is 5.82 Å². The Hall–Kier alpha value is -2.45. The molecule has 92 valence electrons. The first-order valence-electron chi connectivity index (χ1n) is 5.79. The van der Waals surface area contributed by atoms with E-state index in [-0.39, 0.29) is 6.54 Å². The summed E-state index contributed by atoms with van der Waals surface area (Å²) in [5, 5.41) is 22.9. The molecule has 0 aliphatic carbocycles. The molecule has 0 unspecified atom stereocenters. The fraction of sp³-hybridized carbons (Fsp3) is 0.0714. The van der Waals surface area contributed by atoms with Gasteiger partial charge in [0.15, 0.2) is 0 Å². The number of hydrogen-bond acceptors (Lipinski definition) is 5. The summed E-state index contributed by atoms with van der Waals surface area (Å²) in [7, 11) is 0. The van der Waals surface area contributed by atoms with Crippen LogP contribution in [0.5, 0.6) is 0 Å². The van der Waals surface area contributed by atoms with Crippen LogP contribution in [0.25, 0.3) is 21.3 Å². The van der Waals surface area contributed by atoms with E-state index in [9.17, 15) is 0 Å². The fourth-order valence-corrected chi connectivity index (χ4v) is 2.83. The molecule has 0 atom stereocenters. The molecule has 1 aromatic carbocycles. The van der Waals surface area contributed by atoms with Crippen molar-refractivity contribution in [2.45, 2.75) is 0 Å². The fourth-order valence-electron chi connectivity index (χ4n) is 1.88. The molecule has 4 nitrogen and oxygen atoms in total. The molecule has 2 heterocycles. The Labute approximate surface area is 114 Å². The maximum absolute atomic E-state index is 8.49. The number of nitrogens with zero attached hydrogens (tertiary/aromatic N) is 3. The minimum Gasteiger partial charge on any atom is -0.356 e. The number of nitriles is 1. The molecule has 0 amide bonds. The van der Waals surface area contributed by atoms with Crippen molar-refractivity contribution < 1.29 is 0 Å². The Balaban J connectivity index is 1.96. The lowest BCUT2D eigenvalue weighted by Crippen LogP contribution is -2.01. The van der Waals surface area contributed by atoms with Gasteiger partial charge in [-0.2, -0.15) is 5.26 Å². The summed E-state index contributed by atoms with van der Waals surface area (Å²) in [5.41, 5.74) is 1.94. The van der Waals surface area contributed by atoms with E-state index in [2.05, 4.69) is 33.0 Å². The zero-order valence-electron chi connectivity index (χ0n) is 10.00. The Morgan fingerprint density at radius 3 is 2.84 bits per heavy atom. The van der Waals surface area contributed by atoms with Crippen LogP contribution in [0.4, 0.5) is 5.82 Å². The van der Waals surface area contributed by atoms with Gasteiger partial charge in [-0.3, -0.25) is 0 Å². The zero-order valence-corrected chi connectivity index (χ0v) is 10.8. The van der Waals surface area contributed by atoms with Gasteiger partial charge in [-0.05, 0) is 18.2 Å². The first-order chi connectivity index (χ1) is 9.38. The van der Waals surface area contributed by atoms with Gasteiger partial charge in [0.2, 0.25) is 0 Å². The second kappa shape index (κ2) is 5.04. The molecule has 5 heteroatoms.